The fourth-order valence-electron chi connectivity index (χ4n) is 9.36. The van der Waals surface area contributed by atoms with Gasteiger partial charge in [-0.05, 0) is 115 Å². The molecule has 2 heteroatoms. The van der Waals surface area contributed by atoms with Crippen molar-refractivity contribution in [3.63, 3.8) is 0 Å². The third kappa shape index (κ3) is 4.11. The van der Waals surface area contributed by atoms with Gasteiger partial charge in [0, 0.05) is 6.92 Å². The average Bonchev–Trinajstić information content (AvgIpc) is 3.26. The lowest BCUT2D eigenvalue weighted by atomic mass is 9.47. The molecule has 0 unspecified atom stereocenters. The van der Waals surface area contributed by atoms with E-state index < -0.39 is 0 Å². The number of rotatable bonds is 6. The molecular weight excluding hydrogens is 392 g/mol. The lowest BCUT2D eigenvalue weighted by molar-refractivity contribution is -0.144. The zero-order valence-corrected chi connectivity index (χ0v) is 22.0. The smallest absolute Gasteiger partial charge is 0.302 e. The van der Waals surface area contributed by atoms with E-state index in [1.54, 1.807) is 6.92 Å². The van der Waals surface area contributed by atoms with Crippen LogP contribution in [0.15, 0.2) is 12.2 Å². The van der Waals surface area contributed by atoms with Gasteiger partial charge in [-0.3, -0.25) is 4.79 Å². The van der Waals surface area contributed by atoms with Crippen molar-refractivity contribution in [1.29, 1.82) is 0 Å². The number of carbonyl (C=O) groups is 1. The maximum Gasteiger partial charge on any atom is 0.302 e. The van der Waals surface area contributed by atoms with Crippen LogP contribution in [0.3, 0.4) is 0 Å². The van der Waals surface area contributed by atoms with E-state index in [2.05, 4.69) is 53.7 Å². The Bertz CT molecular complexity index is 710. The fourth-order valence-corrected chi connectivity index (χ4v) is 9.36. The van der Waals surface area contributed by atoms with Crippen molar-refractivity contribution in [2.75, 3.05) is 6.61 Å². The Kier molecular flexibility index (Phi) is 6.92. The first-order chi connectivity index (χ1) is 15.1. The number of esters is 1. The average molecular weight is 443 g/mol. The first-order valence-electron chi connectivity index (χ1n) is 13.9. The van der Waals surface area contributed by atoms with E-state index >= 15 is 0 Å². The van der Waals surface area contributed by atoms with Gasteiger partial charge in [0.1, 0.15) is 0 Å². The van der Waals surface area contributed by atoms with Gasteiger partial charge < -0.3 is 4.74 Å². The molecule has 4 saturated carbocycles. The van der Waals surface area contributed by atoms with Crippen LogP contribution in [0.2, 0.25) is 0 Å². The van der Waals surface area contributed by atoms with Gasteiger partial charge in [0.2, 0.25) is 0 Å². The summed E-state index contributed by atoms with van der Waals surface area (Å²) in [5.74, 6) is 6.98. The minimum Gasteiger partial charge on any atom is -0.466 e. The number of carbonyl (C=O) groups excluding carboxylic acids is 1. The summed E-state index contributed by atoms with van der Waals surface area (Å²) in [5.41, 5.74) is 1.01. The number of allylic oxidation sites excluding steroid dienone is 2. The molecule has 0 heterocycles. The van der Waals surface area contributed by atoms with Crippen LogP contribution >= 0.6 is 0 Å². The minimum atomic E-state index is -0.108. The van der Waals surface area contributed by atoms with Gasteiger partial charge in [0.25, 0.3) is 0 Å². The highest BCUT2D eigenvalue weighted by Gasteiger charge is 2.62. The Morgan fingerprint density at radius 2 is 1.53 bits per heavy atom. The number of fused-ring (bicyclic) bond motifs is 5. The Morgan fingerprint density at radius 3 is 2.22 bits per heavy atom. The molecule has 0 spiro atoms. The second-order valence-electron chi connectivity index (χ2n) is 13.2. The Hall–Kier alpha value is -0.790. The van der Waals surface area contributed by atoms with Gasteiger partial charge in [0.15, 0.2) is 0 Å². The van der Waals surface area contributed by atoms with Crippen molar-refractivity contribution in [2.24, 2.45) is 64.1 Å². The lowest BCUT2D eigenvalue weighted by Crippen LogP contribution is -2.51. The van der Waals surface area contributed by atoms with Crippen molar-refractivity contribution >= 4 is 5.97 Å². The summed E-state index contributed by atoms with van der Waals surface area (Å²) in [5, 5.41) is 0. The third-order valence-electron chi connectivity index (χ3n) is 11.5. The largest absolute Gasteiger partial charge is 0.466 e. The van der Waals surface area contributed by atoms with Crippen molar-refractivity contribution in [3.05, 3.63) is 12.2 Å². The van der Waals surface area contributed by atoms with Gasteiger partial charge in [-0.1, -0.05) is 53.7 Å². The fraction of sp³-hybridized carbons (Fsp3) is 0.900. The highest BCUT2D eigenvalue weighted by Crippen LogP contribution is 2.69. The molecule has 2 nitrogen and oxygen atoms in total. The molecule has 0 N–H and O–H groups in total. The van der Waals surface area contributed by atoms with Crippen LogP contribution in [0.1, 0.15) is 99.8 Å². The summed E-state index contributed by atoms with van der Waals surface area (Å²) in [6.07, 6.45) is 16.2. The molecule has 0 aromatic carbocycles. The van der Waals surface area contributed by atoms with Gasteiger partial charge in [-0.2, -0.15) is 0 Å². The molecule has 0 aromatic rings. The molecule has 0 saturated heterocycles. The SMILES string of the molecule is CC(=O)OC[C@H]1CC[C@@]2(C)[C@@H]1CC[C@@H]1[C@@H]2CC[C@]2(C)[C@@H]([C@H](C)/C=C/[C@H](C)C(C)C)CC[C@@H]12. The van der Waals surface area contributed by atoms with Crippen molar-refractivity contribution in [3.8, 4) is 0 Å². The lowest BCUT2D eigenvalue weighted by Gasteiger charge is -2.58. The van der Waals surface area contributed by atoms with E-state index in [0.717, 1.165) is 35.5 Å². The Labute approximate surface area is 198 Å². The minimum absolute atomic E-state index is 0.108. The van der Waals surface area contributed by atoms with Crippen molar-refractivity contribution in [2.45, 2.75) is 99.8 Å². The molecule has 0 aliphatic heterocycles. The van der Waals surface area contributed by atoms with Crippen LogP contribution in [-0.4, -0.2) is 12.6 Å². The van der Waals surface area contributed by atoms with E-state index in [4.69, 9.17) is 4.74 Å². The summed E-state index contributed by atoms with van der Waals surface area (Å²) in [4.78, 5) is 11.4. The van der Waals surface area contributed by atoms with Crippen LogP contribution in [0.5, 0.6) is 0 Å². The van der Waals surface area contributed by atoms with Gasteiger partial charge >= 0.3 is 5.97 Å². The molecule has 10 atom stereocenters. The number of hydrogen-bond acceptors (Lipinski definition) is 2. The maximum absolute atomic E-state index is 11.4. The Morgan fingerprint density at radius 1 is 0.875 bits per heavy atom. The molecule has 4 aliphatic carbocycles. The molecule has 32 heavy (non-hydrogen) atoms. The quantitative estimate of drug-likeness (QED) is 0.308. The first kappa shape index (κ1) is 24.3. The zero-order valence-electron chi connectivity index (χ0n) is 22.0. The monoisotopic (exact) mass is 442 g/mol. The van der Waals surface area contributed by atoms with Crippen LogP contribution in [0, 0.1) is 64.1 Å². The van der Waals surface area contributed by atoms with E-state index in [1.165, 1.54) is 51.4 Å². The molecule has 0 amide bonds. The molecule has 0 radical (unpaired) electrons. The topological polar surface area (TPSA) is 26.3 Å². The van der Waals surface area contributed by atoms with Crippen LogP contribution < -0.4 is 0 Å². The normalized spacial score (nSPS) is 45.4. The predicted molar refractivity (Wildman–Crippen MR) is 133 cm³/mol. The molecular formula is C30H50O2. The summed E-state index contributed by atoms with van der Waals surface area (Å²) >= 11 is 0. The molecule has 4 aliphatic rings. The highest BCUT2D eigenvalue weighted by molar-refractivity contribution is 5.65. The number of ether oxygens (including phenoxy) is 1. The van der Waals surface area contributed by atoms with Crippen LogP contribution in [0.25, 0.3) is 0 Å². The molecule has 0 bridgehead atoms. The zero-order chi connectivity index (χ0) is 23.3. The molecule has 182 valence electrons. The van der Waals surface area contributed by atoms with E-state index in [1.807, 2.05) is 0 Å². The summed E-state index contributed by atoms with van der Waals surface area (Å²) in [6, 6.07) is 0. The summed E-state index contributed by atoms with van der Waals surface area (Å²) < 4.78 is 5.49. The molecule has 0 aromatic heterocycles. The predicted octanol–water partition coefficient (Wildman–Crippen LogP) is 7.92. The maximum atomic E-state index is 11.4. The highest BCUT2D eigenvalue weighted by atomic mass is 16.5. The third-order valence-corrected chi connectivity index (χ3v) is 11.5. The Balaban J connectivity index is 1.47. The van der Waals surface area contributed by atoms with Crippen molar-refractivity contribution < 1.29 is 9.53 Å². The second kappa shape index (κ2) is 9.10. The van der Waals surface area contributed by atoms with Crippen molar-refractivity contribution in [1.82, 2.24) is 0 Å². The number of hydrogen-bond donors (Lipinski definition) is 0. The standard InChI is InChI=1S/C30H50O2/c1-19(2)20(3)8-9-21(4)25-12-13-27-24-10-11-26-23(18-32-22(5)31)14-16-30(26,7)28(24)15-17-29(25,27)6/h8-9,19-21,23-28H,10-18H2,1-7H3/b9-8+/t20-,21+,23+,24-,25+,26+,27-,28-,29+,30-/m0/s1. The van der Waals surface area contributed by atoms with Gasteiger partial charge in [-0.25, -0.2) is 0 Å². The first-order valence-corrected chi connectivity index (χ1v) is 13.9. The van der Waals surface area contributed by atoms with E-state index in [9.17, 15) is 4.79 Å². The molecule has 4 rings (SSSR count). The second-order valence-corrected chi connectivity index (χ2v) is 13.2. The van der Waals surface area contributed by atoms with Gasteiger partial charge in [-0.15, -0.1) is 0 Å². The van der Waals surface area contributed by atoms with E-state index in [0.29, 0.717) is 35.2 Å². The van der Waals surface area contributed by atoms with Gasteiger partial charge in [0.05, 0.1) is 6.61 Å². The summed E-state index contributed by atoms with van der Waals surface area (Å²) in [7, 11) is 0. The summed E-state index contributed by atoms with van der Waals surface area (Å²) in [6.45, 7) is 17.1. The van der Waals surface area contributed by atoms with E-state index in [-0.39, 0.29) is 5.97 Å². The molecule has 4 fully saturated rings. The van der Waals surface area contributed by atoms with Crippen LogP contribution in [0.4, 0.5) is 0 Å². The van der Waals surface area contributed by atoms with Crippen LogP contribution in [-0.2, 0) is 9.53 Å².